The van der Waals surface area contributed by atoms with Crippen LogP contribution in [0, 0.1) is 5.41 Å². The summed E-state index contributed by atoms with van der Waals surface area (Å²) in [6.07, 6.45) is 2.63. The van der Waals surface area contributed by atoms with E-state index in [9.17, 15) is 0 Å². The van der Waals surface area contributed by atoms with Crippen molar-refractivity contribution in [1.29, 1.82) is 0 Å². The standard InChI is InChI=1S/C9H19NO2/c1-8(9(2)4-5-9)10-12-7-6-11-3/h8,10H,4-7H2,1-3H3. The van der Waals surface area contributed by atoms with E-state index in [0.717, 1.165) is 0 Å². The van der Waals surface area contributed by atoms with Crippen molar-refractivity contribution >= 4 is 0 Å². The van der Waals surface area contributed by atoms with Gasteiger partial charge < -0.3 is 4.74 Å². The van der Waals surface area contributed by atoms with Crippen molar-refractivity contribution in [1.82, 2.24) is 5.48 Å². The van der Waals surface area contributed by atoms with Crippen LogP contribution in [-0.4, -0.2) is 26.4 Å². The first-order valence-corrected chi connectivity index (χ1v) is 4.55. The number of ether oxygens (including phenoxy) is 1. The minimum atomic E-state index is 0.453. The molecule has 0 saturated heterocycles. The van der Waals surface area contributed by atoms with Gasteiger partial charge in [-0.2, -0.15) is 5.48 Å². The van der Waals surface area contributed by atoms with Crippen LogP contribution in [0.25, 0.3) is 0 Å². The van der Waals surface area contributed by atoms with Crippen LogP contribution in [0.2, 0.25) is 0 Å². The molecule has 72 valence electrons. The van der Waals surface area contributed by atoms with Crippen molar-refractivity contribution in [2.75, 3.05) is 20.3 Å². The van der Waals surface area contributed by atoms with Crippen LogP contribution in [0.1, 0.15) is 26.7 Å². The summed E-state index contributed by atoms with van der Waals surface area (Å²) in [7, 11) is 1.68. The molecule has 0 heterocycles. The van der Waals surface area contributed by atoms with Crippen molar-refractivity contribution < 1.29 is 9.57 Å². The Morgan fingerprint density at radius 2 is 2.08 bits per heavy atom. The number of hydrogen-bond donors (Lipinski definition) is 1. The lowest BCUT2D eigenvalue weighted by Gasteiger charge is -2.19. The molecule has 12 heavy (non-hydrogen) atoms. The van der Waals surface area contributed by atoms with Crippen molar-refractivity contribution in [2.24, 2.45) is 5.41 Å². The summed E-state index contributed by atoms with van der Waals surface area (Å²) in [5.74, 6) is 0. The molecule has 0 spiro atoms. The predicted molar refractivity (Wildman–Crippen MR) is 47.8 cm³/mol. The van der Waals surface area contributed by atoms with Crippen molar-refractivity contribution in [2.45, 2.75) is 32.7 Å². The van der Waals surface area contributed by atoms with E-state index in [-0.39, 0.29) is 0 Å². The van der Waals surface area contributed by atoms with Crippen LogP contribution in [0.15, 0.2) is 0 Å². The largest absolute Gasteiger partial charge is 0.382 e. The van der Waals surface area contributed by atoms with Gasteiger partial charge in [0.1, 0.15) is 0 Å². The van der Waals surface area contributed by atoms with Gasteiger partial charge in [0.15, 0.2) is 0 Å². The molecule has 0 aromatic carbocycles. The average molecular weight is 173 g/mol. The Bertz CT molecular complexity index is 134. The molecule has 0 radical (unpaired) electrons. The van der Waals surface area contributed by atoms with Crippen LogP contribution in [-0.2, 0) is 9.57 Å². The molecule has 1 fully saturated rings. The molecule has 3 heteroatoms. The maximum Gasteiger partial charge on any atom is 0.0915 e. The quantitative estimate of drug-likeness (QED) is 0.485. The first-order chi connectivity index (χ1) is 5.69. The molecular weight excluding hydrogens is 154 g/mol. The van der Waals surface area contributed by atoms with E-state index in [1.54, 1.807) is 7.11 Å². The molecule has 1 unspecified atom stereocenters. The van der Waals surface area contributed by atoms with Crippen LogP contribution in [0.4, 0.5) is 0 Å². The highest BCUT2D eigenvalue weighted by molar-refractivity contribution is 4.95. The summed E-state index contributed by atoms with van der Waals surface area (Å²) >= 11 is 0. The second-order valence-electron chi connectivity index (χ2n) is 3.83. The van der Waals surface area contributed by atoms with Crippen molar-refractivity contribution in [3.05, 3.63) is 0 Å². The summed E-state index contributed by atoms with van der Waals surface area (Å²) in [4.78, 5) is 5.23. The topological polar surface area (TPSA) is 30.5 Å². The Labute approximate surface area is 74.4 Å². The Balaban J connectivity index is 1.99. The zero-order valence-electron chi connectivity index (χ0n) is 8.22. The van der Waals surface area contributed by atoms with E-state index >= 15 is 0 Å². The zero-order valence-corrected chi connectivity index (χ0v) is 8.22. The van der Waals surface area contributed by atoms with E-state index in [2.05, 4.69) is 19.3 Å². The summed E-state index contributed by atoms with van der Waals surface area (Å²) in [5, 5.41) is 0. The smallest absolute Gasteiger partial charge is 0.0915 e. The Kier molecular flexibility index (Phi) is 3.50. The van der Waals surface area contributed by atoms with Gasteiger partial charge in [-0.25, -0.2) is 0 Å². The van der Waals surface area contributed by atoms with Crippen LogP contribution in [0.3, 0.4) is 0 Å². The Morgan fingerprint density at radius 1 is 1.42 bits per heavy atom. The van der Waals surface area contributed by atoms with Crippen molar-refractivity contribution in [3.8, 4) is 0 Å². The van der Waals surface area contributed by atoms with Crippen LogP contribution in [0.5, 0.6) is 0 Å². The number of nitrogens with one attached hydrogen (secondary N) is 1. The number of hydroxylamine groups is 1. The molecule has 0 aromatic heterocycles. The third kappa shape index (κ3) is 2.73. The minimum Gasteiger partial charge on any atom is -0.382 e. The van der Waals surface area contributed by atoms with Gasteiger partial charge in [0.25, 0.3) is 0 Å². The van der Waals surface area contributed by atoms with E-state index < -0.39 is 0 Å². The highest BCUT2D eigenvalue weighted by Crippen LogP contribution is 2.47. The number of rotatable bonds is 6. The van der Waals surface area contributed by atoms with Gasteiger partial charge in [0.2, 0.25) is 0 Å². The first-order valence-electron chi connectivity index (χ1n) is 4.55. The molecule has 3 nitrogen and oxygen atoms in total. The second-order valence-corrected chi connectivity index (χ2v) is 3.83. The van der Waals surface area contributed by atoms with Crippen molar-refractivity contribution in [3.63, 3.8) is 0 Å². The fourth-order valence-electron chi connectivity index (χ4n) is 1.08. The fourth-order valence-corrected chi connectivity index (χ4v) is 1.08. The average Bonchev–Trinajstić information content (AvgIpc) is 2.78. The maximum absolute atomic E-state index is 5.23. The zero-order chi connectivity index (χ0) is 9.03. The summed E-state index contributed by atoms with van der Waals surface area (Å²) in [5.41, 5.74) is 3.52. The molecule has 0 aliphatic heterocycles. The predicted octanol–water partition coefficient (Wildman–Crippen LogP) is 1.34. The Morgan fingerprint density at radius 3 is 2.58 bits per heavy atom. The molecule has 1 aliphatic rings. The molecule has 1 rings (SSSR count). The van der Waals surface area contributed by atoms with Crippen LogP contribution < -0.4 is 5.48 Å². The first kappa shape index (κ1) is 9.96. The summed E-state index contributed by atoms with van der Waals surface area (Å²) in [6, 6.07) is 0.453. The molecule has 1 atom stereocenters. The van der Waals surface area contributed by atoms with E-state index in [1.165, 1.54) is 12.8 Å². The number of methoxy groups -OCH3 is 1. The lowest BCUT2D eigenvalue weighted by molar-refractivity contribution is -0.0205. The van der Waals surface area contributed by atoms with E-state index in [1.807, 2.05) is 0 Å². The van der Waals surface area contributed by atoms with Gasteiger partial charge in [0.05, 0.1) is 13.2 Å². The molecule has 1 saturated carbocycles. The van der Waals surface area contributed by atoms with Gasteiger partial charge in [0, 0.05) is 13.2 Å². The van der Waals surface area contributed by atoms with Gasteiger partial charge in [-0.05, 0) is 25.2 Å². The highest BCUT2D eigenvalue weighted by Gasteiger charge is 2.42. The lowest BCUT2D eigenvalue weighted by atomic mass is 10.0. The SMILES string of the molecule is COCCONC(C)C1(C)CC1. The van der Waals surface area contributed by atoms with Gasteiger partial charge in [-0.1, -0.05) is 6.92 Å². The Hall–Kier alpha value is -0.120. The second kappa shape index (κ2) is 4.21. The molecular formula is C9H19NO2. The van der Waals surface area contributed by atoms with Gasteiger partial charge in [-0.15, -0.1) is 0 Å². The minimum absolute atomic E-state index is 0.453. The lowest BCUT2D eigenvalue weighted by Crippen LogP contribution is -2.34. The van der Waals surface area contributed by atoms with Gasteiger partial charge in [-0.3, -0.25) is 4.84 Å². The monoisotopic (exact) mass is 173 g/mol. The molecule has 1 N–H and O–H groups in total. The molecule has 1 aliphatic carbocycles. The molecule has 0 aromatic rings. The van der Waals surface area contributed by atoms with Gasteiger partial charge >= 0.3 is 0 Å². The molecule has 0 amide bonds. The third-order valence-corrected chi connectivity index (χ3v) is 2.73. The van der Waals surface area contributed by atoms with E-state index in [0.29, 0.717) is 24.7 Å². The van der Waals surface area contributed by atoms with Crippen LogP contribution >= 0.6 is 0 Å². The maximum atomic E-state index is 5.23. The number of hydrogen-bond acceptors (Lipinski definition) is 3. The summed E-state index contributed by atoms with van der Waals surface area (Å²) < 4.78 is 4.86. The summed E-state index contributed by atoms with van der Waals surface area (Å²) in [6.45, 7) is 5.72. The fraction of sp³-hybridized carbons (Fsp3) is 1.00. The molecule has 0 bridgehead atoms. The highest BCUT2D eigenvalue weighted by atomic mass is 16.7. The normalized spacial score (nSPS) is 22.2. The van der Waals surface area contributed by atoms with E-state index in [4.69, 9.17) is 9.57 Å². The third-order valence-electron chi connectivity index (χ3n) is 2.73.